The SMILES string of the molecule is CCCc1ccc(-c2csc(-c3ccc(S(N)(=O)=O)cc3)n2)cc1. The van der Waals surface area contributed by atoms with Crippen LogP contribution in [0.25, 0.3) is 21.8 Å². The minimum absolute atomic E-state index is 0.106. The summed E-state index contributed by atoms with van der Waals surface area (Å²) in [5.41, 5.74) is 4.21. The molecule has 4 nitrogen and oxygen atoms in total. The zero-order valence-corrected chi connectivity index (χ0v) is 14.9. The molecule has 2 aromatic carbocycles. The first kappa shape index (κ1) is 16.8. The van der Waals surface area contributed by atoms with Crippen molar-refractivity contribution in [1.82, 2.24) is 4.98 Å². The van der Waals surface area contributed by atoms with Crippen LogP contribution in [-0.2, 0) is 16.4 Å². The zero-order chi connectivity index (χ0) is 17.2. The maximum absolute atomic E-state index is 11.3. The molecular formula is C18H18N2O2S2. The Balaban J connectivity index is 1.85. The van der Waals surface area contributed by atoms with Crippen molar-refractivity contribution in [2.45, 2.75) is 24.7 Å². The third-order valence-electron chi connectivity index (χ3n) is 3.72. The lowest BCUT2D eigenvalue weighted by Gasteiger charge is -2.01. The van der Waals surface area contributed by atoms with E-state index in [-0.39, 0.29) is 4.90 Å². The fourth-order valence-corrected chi connectivity index (χ4v) is 3.81. The molecule has 0 bridgehead atoms. The number of hydrogen-bond acceptors (Lipinski definition) is 4. The lowest BCUT2D eigenvalue weighted by atomic mass is 10.1. The Kier molecular flexibility index (Phi) is 4.80. The molecule has 24 heavy (non-hydrogen) atoms. The van der Waals surface area contributed by atoms with Crippen molar-refractivity contribution in [3.8, 4) is 21.8 Å². The molecule has 0 fully saturated rings. The maximum Gasteiger partial charge on any atom is 0.238 e. The standard InChI is InChI=1S/C18H18N2O2S2/c1-2-3-13-4-6-14(7-5-13)17-12-23-18(20-17)15-8-10-16(11-9-15)24(19,21)22/h4-12H,2-3H2,1H3,(H2,19,21,22). The Morgan fingerprint density at radius 2 is 1.62 bits per heavy atom. The molecule has 6 heteroatoms. The van der Waals surface area contributed by atoms with Crippen LogP contribution in [-0.4, -0.2) is 13.4 Å². The Labute approximate surface area is 146 Å². The van der Waals surface area contributed by atoms with Crippen molar-refractivity contribution < 1.29 is 8.42 Å². The number of nitrogens with two attached hydrogens (primary N) is 1. The summed E-state index contributed by atoms with van der Waals surface area (Å²) in [6.45, 7) is 2.17. The van der Waals surface area contributed by atoms with E-state index in [0.717, 1.165) is 34.7 Å². The lowest BCUT2D eigenvalue weighted by Crippen LogP contribution is -2.11. The van der Waals surface area contributed by atoms with Crippen LogP contribution in [0.1, 0.15) is 18.9 Å². The minimum atomic E-state index is -3.67. The van der Waals surface area contributed by atoms with Gasteiger partial charge in [-0.05, 0) is 24.1 Å². The number of nitrogens with zero attached hydrogens (tertiary/aromatic N) is 1. The molecule has 0 radical (unpaired) electrons. The Hall–Kier alpha value is -2.02. The smallest absolute Gasteiger partial charge is 0.236 e. The Morgan fingerprint density at radius 1 is 1.00 bits per heavy atom. The highest BCUT2D eigenvalue weighted by Crippen LogP contribution is 2.29. The van der Waals surface area contributed by atoms with E-state index in [1.807, 2.05) is 5.38 Å². The monoisotopic (exact) mass is 358 g/mol. The number of sulfonamides is 1. The highest BCUT2D eigenvalue weighted by molar-refractivity contribution is 7.89. The normalized spacial score (nSPS) is 11.6. The number of primary sulfonamides is 1. The molecule has 0 amide bonds. The summed E-state index contributed by atoms with van der Waals surface area (Å²) in [4.78, 5) is 4.76. The summed E-state index contributed by atoms with van der Waals surface area (Å²) < 4.78 is 22.6. The fourth-order valence-electron chi connectivity index (χ4n) is 2.46. The van der Waals surface area contributed by atoms with Gasteiger partial charge in [-0.15, -0.1) is 11.3 Å². The summed E-state index contributed by atoms with van der Waals surface area (Å²) in [6.07, 6.45) is 2.22. The first-order chi connectivity index (χ1) is 11.5. The van der Waals surface area contributed by atoms with E-state index in [2.05, 4.69) is 36.2 Å². The maximum atomic E-state index is 11.3. The first-order valence-corrected chi connectivity index (χ1v) is 10.1. The van der Waals surface area contributed by atoms with Crippen molar-refractivity contribution in [2.75, 3.05) is 0 Å². The van der Waals surface area contributed by atoms with E-state index in [9.17, 15) is 8.42 Å². The van der Waals surface area contributed by atoms with E-state index in [1.165, 1.54) is 29.0 Å². The van der Waals surface area contributed by atoms with Gasteiger partial charge in [-0.3, -0.25) is 0 Å². The Bertz CT molecular complexity index is 928. The molecule has 0 atom stereocenters. The number of thiazole rings is 1. The van der Waals surface area contributed by atoms with Crippen LogP contribution in [0, 0.1) is 0 Å². The van der Waals surface area contributed by atoms with Crippen LogP contribution in [0.5, 0.6) is 0 Å². The quantitative estimate of drug-likeness (QED) is 0.747. The molecular weight excluding hydrogens is 340 g/mol. The number of rotatable bonds is 5. The minimum Gasteiger partial charge on any atom is -0.236 e. The van der Waals surface area contributed by atoms with Crippen LogP contribution in [0.3, 0.4) is 0 Å². The summed E-state index contributed by atoms with van der Waals surface area (Å²) in [5.74, 6) is 0. The summed E-state index contributed by atoms with van der Waals surface area (Å²) >= 11 is 1.53. The summed E-state index contributed by atoms with van der Waals surface area (Å²) in [6, 6.07) is 14.9. The van der Waals surface area contributed by atoms with Gasteiger partial charge in [0.25, 0.3) is 0 Å². The second-order valence-corrected chi connectivity index (χ2v) is 7.97. The van der Waals surface area contributed by atoms with Gasteiger partial charge in [0, 0.05) is 16.5 Å². The number of aromatic nitrogens is 1. The van der Waals surface area contributed by atoms with Crippen molar-refractivity contribution in [3.63, 3.8) is 0 Å². The van der Waals surface area contributed by atoms with Gasteiger partial charge >= 0.3 is 0 Å². The second-order valence-electron chi connectivity index (χ2n) is 5.55. The summed E-state index contributed by atoms with van der Waals surface area (Å²) in [5, 5.41) is 7.98. The van der Waals surface area contributed by atoms with Crippen LogP contribution >= 0.6 is 11.3 Å². The molecule has 0 aliphatic heterocycles. The molecule has 0 unspecified atom stereocenters. The molecule has 0 spiro atoms. The third-order valence-corrected chi connectivity index (χ3v) is 5.54. The van der Waals surface area contributed by atoms with E-state index in [1.54, 1.807) is 12.1 Å². The molecule has 124 valence electrons. The van der Waals surface area contributed by atoms with E-state index in [4.69, 9.17) is 5.14 Å². The largest absolute Gasteiger partial charge is 0.238 e. The highest BCUT2D eigenvalue weighted by atomic mass is 32.2. The molecule has 3 rings (SSSR count). The van der Waals surface area contributed by atoms with Gasteiger partial charge in [-0.2, -0.15) is 0 Å². The van der Waals surface area contributed by atoms with Crippen molar-refractivity contribution in [1.29, 1.82) is 0 Å². The van der Waals surface area contributed by atoms with Gasteiger partial charge in [-0.25, -0.2) is 18.5 Å². The topological polar surface area (TPSA) is 73.1 Å². The molecule has 1 heterocycles. The van der Waals surface area contributed by atoms with Crippen molar-refractivity contribution in [2.24, 2.45) is 5.14 Å². The van der Waals surface area contributed by atoms with Crippen LogP contribution in [0.2, 0.25) is 0 Å². The average molecular weight is 358 g/mol. The molecule has 0 saturated heterocycles. The predicted molar refractivity (Wildman–Crippen MR) is 98.4 cm³/mol. The van der Waals surface area contributed by atoms with Gasteiger partial charge in [0.2, 0.25) is 10.0 Å². The molecule has 3 aromatic rings. The van der Waals surface area contributed by atoms with E-state index >= 15 is 0 Å². The van der Waals surface area contributed by atoms with Gasteiger partial charge < -0.3 is 0 Å². The molecule has 2 N–H and O–H groups in total. The van der Waals surface area contributed by atoms with Crippen LogP contribution in [0.15, 0.2) is 58.8 Å². The zero-order valence-electron chi connectivity index (χ0n) is 13.3. The van der Waals surface area contributed by atoms with Gasteiger partial charge in [0.15, 0.2) is 0 Å². The van der Waals surface area contributed by atoms with Crippen LogP contribution in [0.4, 0.5) is 0 Å². The summed E-state index contributed by atoms with van der Waals surface area (Å²) in [7, 11) is -3.67. The van der Waals surface area contributed by atoms with Gasteiger partial charge in [-0.1, -0.05) is 49.7 Å². The van der Waals surface area contributed by atoms with Gasteiger partial charge in [0.1, 0.15) is 5.01 Å². The Morgan fingerprint density at radius 3 is 2.21 bits per heavy atom. The average Bonchev–Trinajstić information content (AvgIpc) is 3.05. The molecule has 0 saturated carbocycles. The molecule has 1 aromatic heterocycles. The molecule has 0 aliphatic carbocycles. The van der Waals surface area contributed by atoms with Crippen molar-refractivity contribution >= 4 is 21.4 Å². The number of benzene rings is 2. The number of hydrogen-bond donors (Lipinski definition) is 1. The second kappa shape index (κ2) is 6.84. The fraction of sp³-hybridized carbons (Fsp3) is 0.167. The van der Waals surface area contributed by atoms with Crippen molar-refractivity contribution in [3.05, 3.63) is 59.5 Å². The van der Waals surface area contributed by atoms with E-state index < -0.39 is 10.0 Å². The predicted octanol–water partition coefficient (Wildman–Crippen LogP) is 4.08. The van der Waals surface area contributed by atoms with Crippen LogP contribution < -0.4 is 5.14 Å². The molecule has 0 aliphatic rings. The number of aryl methyl sites for hydroxylation is 1. The lowest BCUT2D eigenvalue weighted by molar-refractivity contribution is 0.598. The third kappa shape index (κ3) is 3.72. The first-order valence-electron chi connectivity index (χ1n) is 7.65. The highest BCUT2D eigenvalue weighted by Gasteiger charge is 2.10. The van der Waals surface area contributed by atoms with Gasteiger partial charge in [0.05, 0.1) is 10.6 Å². The van der Waals surface area contributed by atoms with E-state index in [0.29, 0.717) is 0 Å².